The molecule has 1 aliphatic heterocycles. The SMILES string of the molecule is CC1=CCCN(c2ccncc2Br)C1. The molecule has 0 saturated carbocycles. The highest BCUT2D eigenvalue weighted by Crippen LogP contribution is 2.26. The second kappa shape index (κ2) is 4.13. The number of hydrogen-bond acceptors (Lipinski definition) is 2. The third-order valence-electron chi connectivity index (χ3n) is 2.42. The zero-order chi connectivity index (χ0) is 9.97. The molecule has 2 nitrogen and oxygen atoms in total. The number of halogens is 1. The van der Waals surface area contributed by atoms with Crippen LogP contribution < -0.4 is 4.90 Å². The number of hydrogen-bond donors (Lipinski definition) is 0. The summed E-state index contributed by atoms with van der Waals surface area (Å²) in [7, 11) is 0. The second-order valence-corrected chi connectivity index (χ2v) is 4.44. The molecule has 3 heteroatoms. The molecule has 1 aromatic rings. The van der Waals surface area contributed by atoms with E-state index in [2.05, 4.69) is 44.9 Å². The molecule has 0 bridgehead atoms. The van der Waals surface area contributed by atoms with Crippen LogP contribution in [0, 0.1) is 0 Å². The van der Waals surface area contributed by atoms with E-state index in [0.717, 1.165) is 24.0 Å². The van der Waals surface area contributed by atoms with E-state index >= 15 is 0 Å². The summed E-state index contributed by atoms with van der Waals surface area (Å²) in [5, 5.41) is 0. The molecule has 0 aliphatic carbocycles. The maximum atomic E-state index is 4.07. The van der Waals surface area contributed by atoms with Crippen LogP contribution in [0.2, 0.25) is 0 Å². The molecule has 14 heavy (non-hydrogen) atoms. The molecule has 1 aromatic heterocycles. The molecule has 0 fully saturated rings. The van der Waals surface area contributed by atoms with Crippen LogP contribution in [0.15, 0.2) is 34.6 Å². The summed E-state index contributed by atoms with van der Waals surface area (Å²) in [6.45, 7) is 4.31. The highest BCUT2D eigenvalue weighted by molar-refractivity contribution is 9.10. The number of anilines is 1. The van der Waals surface area contributed by atoms with Gasteiger partial charge in [-0.1, -0.05) is 11.6 Å². The van der Waals surface area contributed by atoms with Crippen molar-refractivity contribution in [3.05, 3.63) is 34.6 Å². The Morgan fingerprint density at radius 1 is 1.50 bits per heavy atom. The quantitative estimate of drug-likeness (QED) is 0.715. The van der Waals surface area contributed by atoms with Gasteiger partial charge in [-0.15, -0.1) is 0 Å². The predicted octanol–water partition coefficient (Wildman–Crippen LogP) is 3.00. The van der Waals surface area contributed by atoms with Crippen LogP contribution in [-0.2, 0) is 0 Å². The first-order chi connectivity index (χ1) is 6.77. The molecule has 0 radical (unpaired) electrons. The normalized spacial score (nSPS) is 16.7. The Kier molecular flexibility index (Phi) is 2.87. The molecule has 0 atom stereocenters. The summed E-state index contributed by atoms with van der Waals surface area (Å²) >= 11 is 3.53. The van der Waals surface area contributed by atoms with Crippen LogP contribution in [0.1, 0.15) is 13.3 Å². The Hall–Kier alpha value is -0.830. The van der Waals surface area contributed by atoms with Crippen molar-refractivity contribution in [2.45, 2.75) is 13.3 Å². The van der Waals surface area contributed by atoms with Gasteiger partial charge in [-0.05, 0) is 35.3 Å². The first kappa shape index (κ1) is 9.71. The molecule has 2 rings (SSSR count). The molecular formula is C11H13BrN2. The van der Waals surface area contributed by atoms with E-state index in [9.17, 15) is 0 Å². The van der Waals surface area contributed by atoms with Crippen molar-refractivity contribution in [2.24, 2.45) is 0 Å². The van der Waals surface area contributed by atoms with Crippen LogP contribution in [-0.4, -0.2) is 18.1 Å². The lowest BCUT2D eigenvalue weighted by molar-refractivity contribution is 0.788. The minimum absolute atomic E-state index is 1.03. The van der Waals surface area contributed by atoms with Crippen molar-refractivity contribution in [1.29, 1.82) is 0 Å². The topological polar surface area (TPSA) is 16.1 Å². The summed E-state index contributed by atoms with van der Waals surface area (Å²) in [5.41, 5.74) is 2.69. The highest BCUT2D eigenvalue weighted by atomic mass is 79.9. The van der Waals surface area contributed by atoms with Gasteiger partial charge >= 0.3 is 0 Å². The molecule has 0 saturated heterocycles. The Labute approximate surface area is 92.8 Å². The van der Waals surface area contributed by atoms with Gasteiger partial charge in [0.15, 0.2) is 0 Å². The molecule has 0 aromatic carbocycles. The molecule has 0 N–H and O–H groups in total. The Balaban J connectivity index is 2.24. The van der Waals surface area contributed by atoms with E-state index in [1.807, 2.05) is 12.4 Å². The van der Waals surface area contributed by atoms with Crippen LogP contribution in [0.25, 0.3) is 0 Å². The maximum Gasteiger partial charge on any atom is 0.0592 e. The van der Waals surface area contributed by atoms with Crippen molar-refractivity contribution in [3.8, 4) is 0 Å². The van der Waals surface area contributed by atoms with Gasteiger partial charge in [-0.2, -0.15) is 0 Å². The van der Waals surface area contributed by atoms with Crippen molar-refractivity contribution in [2.75, 3.05) is 18.0 Å². The van der Waals surface area contributed by atoms with E-state index in [0.29, 0.717) is 0 Å². The largest absolute Gasteiger partial charge is 0.366 e. The first-order valence-corrected chi connectivity index (χ1v) is 5.57. The smallest absolute Gasteiger partial charge is 0.0592 e. The zero-order valence-corrected chi connectivity index (χ0v) is 9.79. The van der Waals surface area contributed by atoms with E-state index < -0.39 is 0 Å². The molecular weight excluding hydrogens is 240 g/mol. The van der Waals surface area contributed by atoms with Crippen molar-refractivity contribution < 1.29 is 0 Å². The van der Waals surface area contributed by atoms with Crippen LogP contribution in [0.4, 0.5) is 5.69 Å². The maximum absolute atomic E-state index is 4.07. The lowest BCUT2D eigenvalue weighted by Gasteiger charge is -2.28. The van der Waals surface area contributed by atoms with Crippen molar-refractivity contribution >= 4 is 21.6 Å². The summed E-state index contributed by atoms with van der Waals surface area (Å²) in [5.74, 6) is 0. The minimum atomic E-state index is 1.03. The Morgan fingerprint density at radius 3 is 3.07 bits per heavy atom. The van der Waals surface area contributed by atoms with Gasteiger partial charge in [-0.25, -0.2) is 0 Å². The van der Waals surface area contributed by atoms with Gasteiger partial charge < -0.3 is 4.90 Å². The molecule has 0 unspecified atom stereocenters. The van der Waals surface area contributed by atoms with E-state index in [1.54, 1.807) is 0 Å². The predicted molar refractivity (Wildman–Crippen MR) is 62.5 cm³/mol. The van der Waals surface area contributed by atoms with Crippen molar-refractivity contribution in [3.63, 3.8) is 0 Å². The standard InChI is InChI=1S/C11H13BrN2/c1-9-3-2-6-14(8-9)11-4-5-13-7-10(11)12/h3-5,7H,2,6,8H2,1H3. The first-order valence-electron chi connectivity index (χ1n) is 4.77. The van der Waals surface area contributed by atoms with E-state index in [4.69, 9.17) is 0 Å². The molecule has 1 aliphatic rings. The van der Waals surface area contributed by atoms with Crippen LogP contribution in [0.3, 0.4) is 0 Å². The summed E-state index contributed by atoms with van der Waals surface area (Å²) in [6, 6.07) is 2.06. The lowest BCUT2D eigenvalue weighted by atomic mass is 10.1. The monoisotopic (exact) mass is 252 g/mol. The zero-order valence-electron chi connectivity index (χ0n) is 8.20. The molecule has 74 valence electrons. The molecule has 0 amide bonds. The highest BCUT2D eigenvalue weighted by Gasteiger charge is 2.12. The van der Waals surface area contributed by atoms with Gasteiger partial charge in [0.1, 0.15) is 0 Å². The third-order valence-corrected chi connectivity index (χ3v) is 3.03. The number of nitrogens with zero attached hydrogens (tertiary/aromatic N) is 2. The van der Waals surface area contributed by atoms with Gasteiger partial charge in [-0.3, -0.25) is 4.98 Å². The van der Waals surface area contributed by atoms with Crippen molar-refractivity contribution in [1.82, 2.24) is 4.98 Å². The van der Waals surface area contributed by atoms with Gasteiger partial charge in [0.2, 0.25) is 0 Å². The average molecular weight is 253 g/mol. The average Bonchev–Trinajstić information content (AvgIpc) is 2.18. The fourth-order valence-corrected chi connectivity index (χ4v) is 2.24. The third kappa shape index (κ3) is 1.98. The fourth-order valence-electron chi connectivity index (χ4n) is 1.74. The van der Waals surface area contributed by atoms with Crippen LogP contribution in [0.5, 0.6) is 0 Å². The Bertz CT molecular complexity index is 360. The van der Waals surface area contributed by atoms with Gasteiger partial charge in [0.25, 0.3) is 0 Å². The number of rotatable bonds is 1. The van der Waals surface area contributed by atoms with Crippen LogP contribution >= 0.6 is 15.9 Å². The summed E-state index contributed by atoms with van der Waals surface area (Å²) in [6.07, 6.45) is 7.14. The lowest BCUT2D eigenvalue weighted by Crippen LogP contribution is -2.29. The molecule has 0 spiro atoms. The molecule has 2 heterocycles. The van der Waals surface area contributed by atoms with Gasteiger partial charge in [0, 0.05) is 25.5 Å². The van der Waals surface area contributed by atoms with E-state index in [1.165, 1.54) is 11.3 Å². The number of pyridine rings is 1. The summed E-state index contributed by atoms with van der Waals surface area (Å²) in [4.78, 5) is 6.45. The fraction of sp³-hybridized carbons (Fsp3) is 0.364. The minimum Gasteiger partial charge on any atom is -0.366 e. The second-order valence-electron chi connectivity index (χ2n) is 3.59. The Morgan fingerprint density at radius 2 is 2.36 bits per heavy atom. The van der Waals surface area contributed by atoms with E-state index in [-0.39, 0.29) is 0 Å². The summed E-state index contributed by atoms with van der Waals surface area (Å²) < 4.78 is 1.08. The van der Waals surface area contributed by atoms with Gasteiger partial charge in [0.05, 0.1) is 10.2 Å². The number of aromatic nitrogens is 1.